The van der Waals surface area contributed by atoms with Crippen LogP contribution in [0.2, 0.25) is 0 Å². The predicted octanol–water partition coefficient (Wildman–Crippen LogP) is 4.39. The van der Waals surface area contributed by atoms with E-state index < -0.39 is 0 Å². The summed E-state index contributed by atoms with van der Waals surface area (Å²) in [5, 5.41) is 4.31. The van der Waals surface area contributed by atoms with Crippen LogP contribution in [0.15, 0.2) is 60.9 Å². The third-order valence-corrected chi connectivity index (χ3v) is 4.55. The molecule has 110 valence electrons. The molecule has 2 aromatic heterocycles. The summed E-state index contributed by atoms with van der Waals surface area (Å²) >= 11 is 1.56. The molecule has 3 aromatic rings. The van der Waals surface area contributed by atoms with E-state index >= 15 is 0 Å². The van der Waals surface area contributed by atoms with E-state index in [0.29, 0.717) is 0 Å². The number of aryl methyl sites for hydroxylation is 1. The van der Waals surface area contributed by atoms with Gasteiger partial charge in [0, 0.05) is 16.6 Å². The molecular formula is C18H16N2OS. The molecule has 0 N–H and O–H groups in total. The summed E-state index contributed by atoms with van der Waals surface area (Å²) in [6, 6.07) is 13.8. The number of benzene rings is 1. The molecule has 22 heavy (non-hydrogen) atoms. The highest BCUT2D eigenvalue weighted by Gasteiger charge is 2.05. The van der Waals surface area contributed by atoms with Crippen LogP contribution in [-0.2, 0) is 6.42 Å². The Morgan fingerprint density at radius 1 is 1.23 bits per heavy atom. The van der Waals surface area contributed by atoms with Crippen molar-refractivity contribution in [3.05, 3.63) is 76.3 Å². The van der Waals surface area contributed by atoms with Crippen LogP contribution in [0.5, 0.6) is 0 Å². The zero-order chi connectivity index (χ0) is 15.4. The Labute approximate surface area is 133 Å². The van der Waals surface area contributed by atoms with Crippen molar-refractivity contribution < 1.29 is 4.79 Å². The first-order chi connectivity index (χ1) is 10.8. The lowest BCUT2D eigenvalue weighted by atomic mass is 10.2. The molecule has 2 heterocycles. The van der Waals surface area contributed by atoms with Gasteiger partial charge < -0.3 is 0 Å². The second-order valence-electron chi connectivity index (χ2n) is 4.87. The SMILES string of the molecule is CCc1ccc(C(=O)/C=C/c2cnn(-c3ccccc3)c2)s1. The number of hydrogen-bond acceptors (Lipinski definition) is 3. The lowest BCUT2D eigenvalue weighted by Crippen LogP contribution is -1.92. The zero-order valence-electron chi connectivity index (χ0n) is 12.3. The number of ketones is 1. The molecule has 0 spiro atoms. The fourth-order valence-electron chi connectivity index (χ4n) is 2.10. The Morgan fingerprint density at radius 3 is 2.77 bits per heavy atom. The average Bonchev–Trinajstić information content (AvgIpc) is 3.22. The van der Waals surface area contributed by atoms with Crippen molar-refractivity contribution in [1.29, 1.82) is 0 Å². The number of para-hydroxylation sites is 1. The second-order valence-corrected chi connectivity index (χ2v) is 6.04. The zero-order valence-corrected chi connectivity index (χ0v) is 13.1. The fourth-order valence-corrected chi connectivity index (χ4v) is 2.97. The molecule has 0 bridgehead atoms. The molecule has 0 saturated heterocycles. The molecule has 3 rings (SSSR count). The van der Waals surface area contributed by atoms with Gasteiger partial charge in [0.2, 0.25) is 0 Å². The van der Waals surface area contributed by atoms with Crippen LogP contribution in [0, 0.1) is 0 Å². The third kappa shape index (κ3) is 3.23. The standard InChI is InChI=1S/C18H16N2OS/c1-2-16-9-11-18(22-16)17(21)10-8-14-12-19-20(13-14)15-6-4-3-5-7-15/h3-13H,2H2,1H3/b10-8+. The van der Waals surface area contributed by atoms with Crippen molar-refractivity contribution in [3.63, 3.8) is 0 Å². The molecule has 0 amide bonds. The molecule has 0 fully saturated rings. The highest BCUT2D eigenvalue weighted by Crippen LogP contribution is 2.18. The molecule has 0 unspecified atom stereocenters. The monoisotopic (exact) mass is 308 g/mol. The Kier molecular flexibility index (Phi) is 4.30. The average molecular weight is 308 g/mol. The van der Waals surface area contributed by atoms with E-state index in [2.05, 4.69) is 12.0 Å². The van der Waals surface area contributed by atoms with Gasteiger partial charge in [0.1, 0.15) is 0 Å². The summed E-state index contributed by atoms with van der Waals surface area (Å²) in [4.78, 5) is 14.1. The van der Waals surface area contributed by atoms with Gasteiger partial charge in [-0.2, -0.15) is 5.10 Å². The molecule has 0 aliphatic heterocycles. The first kappa shape index (κ1) is 14.5. The predicted molar refractivity (Wildman–Crippen MR) is 90.6 cm³/mol. The van der Waals surface area contributed by atoms with Crippen molar-refractivity contribution >= 4 is 23.2 Å². The van der Waals surface area contributed by atoms with Gasteiger partial charge in [-0.1, -0.05) is 25.1 Å². The molecule has 0 aliphatic carbocycles. The van der Waals surface area contributed by atoms with Gasteiger partial charge in [-0.15, -0.1) is 11.3 Å². The minimum absolute atomic E-state index is 0.0390. The fraction of sp³-hybridized carbons (Fsp3) is 0.111. The van der Waals surface area contributed by atoms with E-state index in [1.165, 1.54) is 4.88 Å². The van der Waals surface area contributed by atoms with Gasteiger partial charge in [0.25, 0.3) is 0 Å². The minimum Gasteiger partial charge on any atom is -0.288 e. The van der Waals surface area contributed by atoms with Crippen molar-refractivity contribution in [3.8, 4) is 5.69 Å². The lowest BCUT2D eigenvalue weighted by molar-refractivity contribution is 0.105. The van der Waals surface area contributed by atoms with E-state index in [0.717, 1.165) is 22.5 Å². The maximum Gasteiger partial charge on any atom is 0.195 e. The Morgan fingerprint density at radius 2 is 2.05 bits per heavy atom. The van der Waals surface area contributed by atoms with Gasteiger partial charge in [-0.05, 0) is 42.8 Å². The number of carbonyl (C=O) groups excluding carboxylic acids is 1. The number of thiophene rings is 1. The number of carbonyl (C=O) groups is 1. The van der Waals surface area contributed by atoms with E-state index in [1.807, 2.05) is 48.7 Å². The maximum atomic E-state index is 12.1. The van der Waals surface area contributed by atoms with Crippen LogP contribution in [0.4, 0.5) is 0 Å². The van der Waals surface area contributed by atoms with E-state index in [1.54, 1.807) is 34.4 Å². The quantitative estimate of drug-likeness (QED) is 0.517. The van der Waals surface area contributed by atoms with Gasteiger partial charge in [-0.25, -0.2) is 4.68 Å². The summed E-state index contributed by atoms with van der Waals surface area (Å²) in [7, 11) is 0. The Bertz CT molecular complexity index is 799. The van der Waals surface area contributed by atoms with Gasteiger partial charge >= 0.3 is 0 Å². The van der Waals surface area contributed by atoms with E-state index in [4.69, 9.17) is 0 Å². The first-order valence-electron chi connectivity index (χ1n) is 7.17. The molecule has 0 radical (unpaired) electrons. The maximum absolute atomic E-state index is 12.1. The Balaban J connectivity index is 1.73. The largest absolute Gasteiger partial charge is 0.288 e. The third-order valence-electron chi connectivity index (χ3n) is 3.30. The molecule has 0 saturated carbocycles. The van der Waals surface area contributed by atoms with Crippen LogP contribution in [0.25, 0.3) is 11.8 Å². The lowest BCUT2D eigenvalue weighted by Gasteiger charge is -1.98. The summed E-state index contributed by atoms with van der Waals surface area (Å²) in [6.45, 7) is 2.09. The minimum atomic E-state index is 0.0390. The van der Waals surface area contributed by atoms with Gasteiger partial charge in [0.05, 0.1) is 16.8 Å². The summed E-state index contributed by atoms with van der Waals surface area (Å²) in [6.07, 6.45) is 8.04. The highest BCUT2D eigenvalue weighted by molar-refractivity contribution is 7.14. The van der Waals surface area contributed by atoms with Gasteiger partial charge in [-0.3, -0.25) is 4.79 Å². The summed E-state index contributed by atoms with van der Waals surface area (Å²) in [5.74, 6) is 0.0390. The number of nitrogens with zero attached hydrogens (tertiary/aromatic N) is 2. The first-order valence-corrected chi connectivity index (χ1v) is 7.99. The molecule has 4 heteroatoms. The van der Waals surface area contributed by atoms with E-state index in [9.17, 15) is 4.79 Å². The molecule has 0 aliphatic rings. The molecule has 3 nitrogen and oxygen atoms in total. The van der Waals surface area contributed by atoms with E-state index in [-0.39, 0.29) is 5.78 Å². The Hall–Kier alpha value is -2.46. The summed E-state index contributed by atoms with van der Waals surface area (Å²) < 4.78 is 1.80. The normalized spacial score (nSPS) is 11.1. The van der Waals surface area contributed by atoms with Crippen LogP contribution in [-0.4, -0.2) is 15.6 Å². The number of allylic oxidation sites excluding steroid dienone is 1. The van der Waals surface area contributed by atoms with Crippen molar-refractivity contribution in [2.24, 2.45) is 0 Å². The van der Waals surface area contributed by atoms with Crippen LogP contribution in [0.3, 0.4) is 0 Å². The number of rotatable bonds is 5. The van der Waals surface area contributed by atoms with Crippen molar-refractivity contribution in [2.45, 2.75) is 13.3 Å². The van der Waals surface area contributed by atoms with Gasteiger partial charge in [0.15, 0.2) is 5.78 Å². The molecule has 0 atom stereocenters. The topological polar surface area (TPSA) is 34.9 Å². The van der Waals surface area contributed by atoms with Crippen LogP contribution in [0.1, 0.15) is 27.0 Å². The molecule has 1 aromatic carbocycles. The van der Waals surface area contributed by atoms with Crippen LogP contribution >= 0.6 is 11.3 Å². The van der Waals surface area contributed by atoms with Crippen LogP contribution < -0.4 is 0 Å². The second kappa shape index (κ2) is 6.54. The highest BCUT2D eigenvalue weighted by atomic mass is 32.1. The van der Waals surface area contributed by atoms with Crippen molar-refractivity contribution in [2.75, 3.05) is 0 Å². The van der Waals surface area contributed by atoms with Crippen molar-refractivity contribution in [1.82, 2.24) is 9.78 Å². The number of hydrogen-bond donors (Lipinski definition) is 0. The summed E-state index contributed by atoms with van der Waals surface area (Å²) in [5.41, 5.74) is 1.91. The molecular weight excluding hydrogens is 292 g/mol. The smallest absolute Gasteiger partial charge is 0.195 e. The number of aromatic nitrogens is 2.